The van der Waals surface area contributed by atoms with Crippen molar-refractivity contribution in [2.75, 3.05) is 7.05 Å². The molecular formula is C14H19N. The topological polar surface area (TPSA) is 12.0 Å². The molecule has 0 bridgehead atoms. The highest BCUT2D eigenvalue weighted by Crippen LogP contribution is 2.36. The summed E-state index contributed by atoms with van der Waals surface area (Å²) < 4.78 is 0. The lowest BCUT2D eigenvalue weighted by molar-refractivity contribution is 0.546. The van der Waals surface area contributed by atoms with E-state index in [4.69, 9.17) is 0 Å². The Kier molecular flexibility index (Phi) is 2.43. The molecule has 0 aliphatic heterocycles. The van der Waals surface area contributed by atoms with Gasteiger partial charge in [0.1, 0.15) is 0 Å². The first kappa shape index (κ1) is 10.4. The van der Waals surface area contributed by atoms with Crippen LogP contribution in [0.5, 0.6) is 0 Å². The maximum absolute atomic E-state index is 3.38. The van der Waals surface area contributed by atoms with E-state index >= 15 is 0 Å². The van der Waals surface area contributed by atoms with Gasteiger partial charge in [-0.15, -0.1) is 0 Å². The molecule has 0 radical (unpaired) electrons. The summed E-state index contributed by atoms with van der Waals surface area (Å²) in [4.78, 5) is 0. The van der Waals surface area contributed by atoms with Crippen molar-refractivity contribution < 1.29 is 0 Å². The maximum Gasteiger partial charge on any atom is 0.0377 e. The monoisotopic (exact) mass is 201 g/mol. The molecule has 15 heavy (non-hydrogen) atoms. The van der Waals surface area contributed by atoms with Gasteiger partial charge in [-0.25, -0.2) is 0 Å². The Morgan fingerprint density at radius 2 is 2.00 bits per heavy atom. The molecule has 0 spiro atoms. The minimum atomic E-state index is 0.0685. The second-order valence-electron chi connectivity index (χ2n) is 4.80. The fourth-order valence-corrected chi connectivity index (χ4v) is 2.27. The third-order valence-corrected chi connectivity index (χ3v) is 3.51. The van der Waals surface area contributed by atoms with Gasteiger partial charge in [0.2, 0.25) is 0 Å². The van der Waals surface area contributed by atoms with Crippen molar-refractivity contribution in [2.45, 2.75) is 32.7 Å². The smallest absolute Gasteiger partial charge is 0.0377 e. The van der Waals surface area contributed by atoms with Crippen LogP contribution < -0.4 is 5.32 Å². The molecule has 0 saturated carbocycles. The molecule has 0 fully saturated rings. The summed E-state index contributed by atoms with van der Waals surface area (Å²) in [6, 6.07) is 6.58. The van der Waals surface area contributed by atoms with E-state index in [0.717, 1.165) is 6.42 Å². The highest BCUT2D eigenvalue weighted by atomic mass is 14.9. The molecule has 0 heterocycles. The zero-order valence-electron chi connectivity index (χ0n) is 10.0. The Morgan fingerprint density at radius 1 is 1.27 bits per heavy atom. The minimum Gasteiger partial charge on any atom is -0.311 e. The van der Waals surface area contributed by atoms with Gasteiger partial charge in [-0.05, 0) is 56.5 Å². The fourth-order valence-electron chi connectivity index (χ4n) is 2.27. The second kappa shape index (κ2) is 3.49. The van der Waals surface area contributed by atoms with E-state index in [1.807, 2.05) is 7.05 Å². The highest BCUT2D eigenvalue weighted by Gasteiger charge is 2.27. The largest absolute Gasteiger partial charge is 0.311 e. The van der Waals surface area contributed by atoms with Crippen molar-refractivity contribution in [3.8, 4) is 0 Å². The van der Waals surface area contributed by atoms with Crippen LogP contribution >= 0.6 is 0 Å². The molecule has 1 aromatic rings. The normalized spacial score (nSPS) is 15.1. The molecule has 2 rings (SSSR count). The number of rotatable bonds is 2. The number of benzene rings is 1. The lowest BCUT2D eigenvalue weighted by Crippen LogP contribution is -2.37. The van der Waals surface area contributed by atoms with Gasteiger partial charge in [0.05, 0.1) is 0 Å². The van der Waals surface area contributed by atoms with Crippen LogP contribution in [0.25, 0.3) is 5.57 Å². The lowest BCUT2D eigenvalue weighted by Gasteiger charge is -2.27. The first-order valence-electron chi connectivity index (χ1n) is 5.54. The van der Waals surface area contributed by atoms with Crippen LogP contribution in [0.2, 0.25) is 0 Å². The van der Waals surface area contributed by atoms with Crippen LogP contribution in [0.4, 0.5) is 0 Å². The molecule has 0 amide bonds. The first-order chi connectivity index (χ1) is 7.06. The SMILES string of the molecule is CNC(C)(C)C1=CCc2c(C)cccc21. The summed E-state index contributed by atoms with van der Waals surface area (Å²) in [6.07, 6.45) is 3.44. The van der Waals surface area contributed by atoms with Gasteiger partial charge in [-0.1, -0.05) is 24.3 Å². The van der Waals surface area contributed by atoms with E-state index in [-0.39, 0.29) is 5.54 Å². The molecule has 0 saturated heterocycles. The Balaban J connectivity index is 2.48. The van der Waals surface area contributed by atoms with E-state index < -0.39 is 0 Å². The number of fused-ring (bicyclic) bond motifs is 1. The molecule has 1 heteroatoms. The summed E-state index contributed by atoms with van der Waals surface area (Å²) in [5, 5.41) is 3.38. The van der Waals surface area contributed by atoms with Crippen LogP contribution in [0.3, 0.4) is 0 Å². The van der Waals surface area contributed by atoms with Crippen LogP contribution in [0, 0.1) is 6.92 Å². The van der Waals surface area contributed by atoms with E-state index in [9.17, 15) is 0 Å². The summed E-state index contributed by atoms with van der Waals surface area (Å²) >= 11 is 0. The van der Waals surface area contributed by atoms with E-state index in [1.165, 1.54) is 22.3 Å². The Hall–Kier alpha value is -1.08. The van der Waals surface area contributed by atoms with Gasteiger partial charge in [0, 0.05) is 5.54 Å². The van der Waals surface area contributed by atoms with Crippen LogP contribution in [0.15, 0.2) is 24.3 Å². The molecule has 80 valence electrons. The molecule has 0 atom stereocenters. The van der Waals surface area contributed by atoms with Crippen LogP contribution in [-0.4, -0.2) is 12.6 Å². The number of hydrogen-bond donors (Lipinski definition) is 1. The van der Waals surface area contributed by atoms with Crippen molar-refractivity contribution in [1.82, 2.24) is 5.32 Å². The summed E-state index contributed by atoms with van der Waals surface area (Å²) in [6.45, 7) is 6.66. The van der Waals surface area contributed by atoms with Gasteiger partial charge in [0.15, 0.2) is 0 Å². The van der Waals surface area contributed by atoms with Gasteiger partial charge >= 0.3 is 0 Å². The van der Waals surface area contributed by atoms with Crippen molar-refractivity contribution >= 4 is 5.57 Å². The predicted molar refractivity (Wildman–Crippen MR) is 66.0 cm³/mol. The molecular weight excluding hydrogens is 182 g/mol. The zero-order chi connectivity index (χ0) is 11.1. The average Bonchev–Trinajstić information content (AvgIpc) is 2.63. The molecule has 1 aliphatic carbocycles. The lowest BCUT2D eigenvalue weighted by atomic mass is 9.89. The number of likely N-dealkylation sites (N-methyl/N-ethyl adjacent to an activating group) is 1. The van der Waals surface area contributed by atoms with Crippen molar-refractivity contribution in [1.29, 1.82) is 0 Å². The van der Waals surface area contributed by atoms with Crippen molar-refractivity contribution in [3.63, 3.8) is 0 Å². The summed E-state index contributed by atoms with van der Waals surface area (Å²) in [7, 11) is 2.02. The van der Waals surface area contributed by atoms with Crippen molar-refractivity contribution in [3.05, 3.63) is 41.0 Å². The highest BCUT2D eigenvalue weighted by molar-refractivity contribution is 5.79. The third kappa shape index (κ3) is 1.61. The predicted octanol–water partition coefficient (Wildman–Crippen LogP) is 2.93. The Labute approximate surface area is 92.2 Å². The second-order valence-corrected chi connectivity index (χ2v) is 4.80. The molecule has 1 N–H and O–H groups in total. The Morgan fingerprint density at radius 3 is 2.67 bits per heavy atom. The first-order valence-corrected chi connectivity index (χ1v) is 5.54. The Bertz CT molecular complexity index is 413. The molecule has 0 aromatic heterocycles. The van der Waals surface area contributed by atoms with E-state index in [1.54, 1.807) is 0 Å². The van der Waals surface area contributed by atoms with Gasteiger partial charge < -0.3 is 5.32 Å². The van der Waals surface area contributed by atoms with Gasteiger partial charge in [-0.3, -0.25) is 0 Å². The van der Waals surface area contributed by atoms with Crippen molar-refractivity contribution in [2.24, 2.45) is 0 Å². The number of aryl methyl sites for hydroxylation is 1. The van der Waals surface area contributed by atoms with Crippen LogP contribution in [-0.2, 0) is 6.42 Å². The average molecular weight is 201 g/mol. The molecule has 1 aromatic carbocycles. The number of allylic oxidation sites excluding steroid dienone is 1. The molecule has 1 nitrogen and oxygen atoms in total. The third-order valence-electron chi connectivity index (χ3n) is 3.51. The van der Waals surface area contributed by atoms with Gasteiger partial charge in [0.25, 0.3) is 0 Å². The minimum absolute atomic E-state index is 0.0685. The molecule has 0 unspecified atom stereocenters. The maximum atomic E-state index is 3.38. The van der Waals surface area contributed by atoms with Crippen LogP contribution in [0.1, 0.15) is 30.5 Å². The number of hydrogen-bond acceptors (Lipinski definition) is 1. The molecule has 1 aliphatic rings. The quantitative estimate of drug-likeness (QED) is 0.775. The standard InChI is InChI=1S/C14H19N/c1-10-6-5-7-12-11(10)8-9-13(12)14(2,3)15-4/h5-7,9,15H,8H2,1-4H3. The summed E-state index contributed by atoms with van der Waals surface area (Å²) in [5.41, 5.74) is 5.83. The zero-order valence-corrected chi connectivity index (χ0v) is 10.0. The summed E-state index contributed by atoms with van der Waals surface area (Å²) in [5.74, 6) is 0. The van der Waals surface area contributed by atoms with E-state index in [2.05, 4.69) is 50.4 Å². The number of nitrogens with one attached hydrogen (secondary N) is 1. The van der Waals surface area contributed by atoms with Gasteiger partial charge in [-0.2, -0.15) is 0 Å². The fraction of sp³-hybridized carbons (Fsp3) is 0.429. The van der Waals surface area contributed by atoms with E-state index in [0.29, 0.717) is 0 Å².